The van der Waals surface area contributed by atoms with Gasteiger partial charge in [-0.25, -0.2) is 4.68 Å². The highest BCUT2D eigenvalue weighted by Gasteiger charge is 2.25. The Morgan fingerprint density at radius 3 is 2.55 bits per heavy atom. The topological polar surface area (TPSA) is 56.2 Å². The Balaban J connectivity index is 1.64. The number of carbonyl (C=O) groups excluding carboxylic acids is 1. The molecule has 0 spiro atoms. The van der Waals surface area contributed by atoms with Gasteiger partial charge >= 0.3 is 0 Å². The first-order chi connectivity index (χ1) is 13.9. The lowest BCUT2D eigenvalue weighted by molar-refractivity contribution is 0.102. The molecule has 3 aromatic rings. The average molecular weight is 408 g/mol. The number of ether oxygens (including phenoxy) is 1. The van der Waals surface area contributed by atoms with Crippen molar-refractivity contribution in [1.29, 1.82) is 0 Å². The summed E-state index contributed by atoms with van der Waals surface area (Å²) >= 11 is 1.82. The number of benzene rings is 2. The minimum Gasteiger partial charge on any atom is -0.491 e. The molecule has 1 N–H and O–H groups in total. The molecule has 6 heteroatoms. The molecule has 0 unspecified atom stereocenters. The fraction of sp³-hybridized carbons (Fsp3) is 0.304. The van der Waals surface area contributed by atoms with Crippen LogP contribution in [0.2, 0.25) is 0 Å². The normalized spacial score (nSPS) is 12.9. The van der Waals surface area contributed by atoms with Crippen molar-refractivity contribution in [2.75, 3.05) is 5.32 Å². The van der Waals surface area contributed by atoms with E-state index in [0.717, 1.165) is 40.0 Å². The molecule has 0 radical (unpaired) electrons. The van der Waals surface area contributed by atoms with E-state index in [1.807, 2.05) is 48.5 Å². The number of thioether (sulfide) groups is 1. The molecule has 0 saturated carbocycles. The maximum atomic E-state index is 13.0. The standard InChI is InChI=1S/C23H25N3O2S/c1-14(2)28-19-9-6-17(7-10-19)23(27)24-22-20-12-29-13-21(20)25-26(22)18-8-5-15(3)16(4)11-18/h5-11,14H,12-13H2,1-4H3,(H,24,27). The van der Waals surface area contributed by atoms with Crippen LogP contribution in [0.15, 0.2) is 42.5 Å². The summed E-state index contributed by atoms with van der Waals surface area (Å²) in [5.41, 5.74) is 6.14. The van der Waals surface area contributed by atoms with E-state index in [4.69, 9.17) is 9.84 Å². The molecule has 1 amide bonds. The Hall–Kier alpha value is -2.73. The number of amides is 1. The van der Waals surface area contributed by atoms with E-state index in [9.17, 15) is 4.79 Å². The van der Waals surface area contributed by atoms with Crippen molar-refractivity contribution in [3.05, 3.63) is 70.4 Å². The van der Waals surface area contributed by atoms with Crippen LogP contribution >= 0.6 is 11.8 Å². The highest BCUT2D eigenvalue weighted by Crippen LogP contribution is 2.36. The van der Waals surface area contributed by atoms with Crippen molar-refractivity contribution >= 4 is 23.5 Å². The fourth-order valence-electron chi connectivity index (χ4n) is 3.32. The van der Waals surface area contributed by atoms with Gasteiger partial charge in [-0.3, -0.25) is 4.79 Å². The van der Waals surface area contributed by atoms with E-state index in [1.54, 1.807) is 12.1 Å². The van der Waals surface area contributed by atoms with Gasteiger partial charge in [-0.05, 0) is 75.2 Å². The zero-order chi connectivity index (χ0) is 20.5. The predicted octanol–water partition coefficient (Wildman–Crippen LogP) is 5.28. The summed E-state index contributed by atoms with van der Waals surface area (Å²) in [4.78, 5) is 13.0. The maximum Gasteiger partial charge on any atom is 0.256 e. The number of hydrogen-bond acceptors (Lipinski definition) is 4. The van der Waals surface area contributed by atoms with Gasteiger partial charge in [-0.15, -0.1) is 0 Å². The minimum absolute atomic E-state index is 0.0991. The second kappa shape index (κ2) is 7.95. The van der Waals surface area contributed by atoms with E-state index >= 15 is 0 Å². The summed E-state index contributed by atoms with van der Waals surface area (Å²) in [6.45, 7) is 8.14. The van der Waals surface area contributed by atoms with E-state index in [2.05, 4.69) is 31.3 Å². The lowest BCUT2D eigenvalue weighted by Crippen LogP contribution is -2.16. The number of nitrogens with one attached hydrogen (secondary N) is 1. The molecule has 0 bridgehead atoms. The molecule has 0 fully saturated rings. The molecule has 4 rings (SSSR count). The Morgan fingerprint density at radius 1 is 1.10 bits per heavy atom. The van der Waals surface area contributed by atoms with Crippen molar-refractivity contribution < 1.29 is 9.53 Å². The summed E-state index contributed by atoms with van der Waals surface area (Å²) in [7, 11) is 0. The maximum absolute atomic E-state index is 13.0. The van der Waals surface area contributed by atoms with Gasteiger partial charge in [-0.1, -0.05) is 6.07 Å². The number of hydrogen-bond donors (Lipinski definition) is 1. The molecule has 5 nitrogen and oxygen atoms in total. The Kier molecular flexibility index (Phi) is 5.37. The van der Waals surface area contributed by atoms with Gasteiger partial charge in [0.25, 0.3) is 5.91 Å². The minimum atomic E-state index is -0.147. The predicted molar refractivity (Wildman–Crippen MR) is 118 cm³/mol. The molecule has 2 heterocycles. The zero-order valence-electron chi connectivity index (χ0n) is 17.2. The number of aryl methyl sites for hydroxylation is 2. The lowest BCUT2D eigenvalue weighted by atomic mass is 10.1. The van der Waals surface area contributed by atoms with Gasteiger partial charge in [0.05, 0.1) is 17.5 Å². The molecule has 1 aliphatic heterocycles. The lowest BCUT2D eigenvalue weighted by Gasteiger charge is -2.13. The van der Waals surface area contributed by atoms with Crippen molar-refractivity contribution in [1.82, 2.24) is 9.78 Å². The van der Waals surface area contributed by atoms with E-state index in [1.165, 1.54) is 11.1 Å². The SMILES string of the molecule is Cc1ccc(-n2nc3c(c2NC(=O)c2ccc(OC(C)C)cc2)CSC3)cc1C. The van der Waals surface area contributed by atoms with E-state index in [-0.39, 0.29) is 12.0 Å². The molecular weight excluding hydrogens is 382 g/mol. The number of anilines is 1. The number of nitrogens with zero attached hydrogens (tertiary/aromatic N) is 2. The number of carbonyl (C=O) groups is 1. The van der Waals surface area contributed by atoms with Crippen molar-refractivity contribution in [3.63, 3.8) is 0 Å². The van der Waals surface area contributed by atoms with E-state index in [0.29, 0.717) is 5.56 Å². The number of aromatic nitrogens is 2. The van der Waals surface area contributed by atoms with Crippen molar-refractivity contribution in [3.8, 4) is 11.4 Å². The third-order valence-electron chi connectivity index (χ3n) is 5.01. The summed E-state index contributed by atoms with van der Waals surface area (Å²) in [6, 6.07) is 13.5. The van der Waals surface area contributed by atoms with Crippen LogP contribution < -0.4 is 10.1 Å². The highest BCUT2D eigenvalue weighted by atomic mass is 32.2. The average Bonchev–Trinajstić information content (AvgIpc) is 3.27. The Bertz CT molecular complexity index is 1050. The Labute approximate surface area is 175 Å². The van der Waals surface area contributed by atoms with Crippen LogP contribution in [-0.4, -0.2) is 21.8 Å². The molecule has 0 aliphatic carbocycles. The molecule has 1 aromatic heterocycles. The van der Waals surface area contributed by atoms with Gasteiger partial charge in [0.1, 0.15) is 11.6 Å². The highest BCUT2D eigenvalue weighted by molar-refractivity contribution is 7.98. The van der Waals surface area contributed by atoms with Gasteiger partial charge in [0, 0.05) is 22.6 Å². The molecule has 2 aromatic carbocycles. The van der Waals surface area contributed by atoms with Crippen LogP contribution in [0.4, 0.5) is 5.82 Å². The molecule has 0 saturated heterocycles. The van der Waals surface area contributed by atoms with Gasteiger partial charge in [0.15, 0.2) is 0 Å². The van der Waals surface area contributed by atoms with Gasteiger partial charge < -0.3 is 10.1 Å². The van der Waals surface area contributed by atoms with Gasteiger partial charge in [0.2, 0.25) is 0 Å². The first-order valence-corrected chi connectivity index (χ1v) is 10.9. The zero-order valence-corrected chi connectivity index (χ0v) is 18.0. The molecule has 150 valence electrons. The number of fused-ring (bicyclic) bond motifs is 1. The van der Waals surface area contributed by atoms with Gasteiger partial charge in [-0.2, -0.15) is 16.9 Å². The monoisotopic (exact) mass is 407 g/mol. The van der Waals surface area contributed by atoms with Crippen LogP contribution in [0.25, 0.3) is 5.69 Å². The summed E-state index contributed by atoms with van der Waals surface area (Å²) in [6.07, 6.45) is 0.0991. The van der Waals surface area contributed by atoms with Crippen LogP contribution in [0.5, 0.6) is 5.75 Å². The van der Waals surface area contributed by atoms with Crippen molar-refractivity contribution in [2.45, 2.75) is 45.3 Å². The second-order valence-electron chi connectivity index (χ2n) is 7.59. The largest absolute Gasteiger partial charge is 0.491 e. The third-order valence-corrected chi connectivity index (χ3v) is 5.98. The van der Waals surface area contributed by atoms with Crippen LogP contribution in [0, 0.1) is 13.8 Å². The second-order valence-corrected chi connectivity index (χ2v) is 8.58. The fourth-order valence-corrected chi connectivity index (χ4v) is 4.36. The van der Waals surface area contributed by atoms with Crippen LogP contribution in [0.3, 0.4) is 0 Å². The van der Waals surface area contributed by atoms with Crippen LogP contribution in [-0.2, 0) is 11.5 Å². The third kappa shape index (κ3) is 4.03. The molecule has 1 aliphatic rings. The smallest absolute Gasteiger partial charge is 0.256 e. The van der Waals surface area contributed by atoms with Crippen LogP contribution in [0.1, 0.15) is 46.6 Å². The first-order valence-electron chi connectivity index (χ1n) is 9.76. The number of rotatable bonds is 5. The summed E-state index contributed by atoms with van der Waals surface area (Å²) < 4.78 is 7.53. The molecule has 0 atom stereocenters. The first kappa shape index (κ1) is 19.6. The van der Waals surface area contributed by atoms with Crippen molar-refractivity contribution in [2.24, 2.45) is 0 Å². The quantitative estimate of drug-likeness (QED) is 0.625. The summed E-state index contributed by atoms with van der Waals surface area (Å²) in [5, 5.41) is 7.89. The Morgan fingerprint density at radius 2 is 1.86 bits per heavy atom. The van der Waals surface area contributed by atoms with E-state index < -0.39 is 0 Å². The summed E-state index contributed by atoms with van der Waals surface area (Å²) in [5.74, 6) is 3.11. The molecular formula is C23H25N3O2S. The molecule has 29 heavy (non-hydrogen) atoms.